The Bertz CT molecular complexity index is 172. The lowest BCUT2D eigenvalue weighted by atomic mass is 10.1. The molecule has 1 aromatic carbocycles. The van der Waals surface area contributed by atoms with Crippen molar-refractivity contribution in [3.05, 3.63) is 42.8 Å². The lowest BCUT2D eigenvalue weighted by molar-refractivity contribution is 0.226. The van der Waals surface area contributed by atoms with Gasteiger partial charge in [0.25, 0.3) is 0 Å². The minimum absolute atomic E-state index is 0. The normalized spacial score (nSPS) is 11.8. The van der Waals surface area contributed by atoms with Crippen molar-refractivity contribution < 1.29 is 5.11 Å². The average molecular weight is 158 g/mol. The van der Waals surface area contributed by atoms with Crippen molar-refractivity contribution in [1.82, 2.24) is 0 Å². The van der Waals surface area contributed by atoms with Gasteiger partial charge < -0.3 is 5.11 Å². The molecule has 0 aromatic heterocycles. The van der Waals surface area contributed by atoms with Crippen LogP contribution in [-0.2, 0) is 0 Å². The first-order valence-electron chi connectivity index (χ1n) is 2.87. The highest BCUT2D eigenvalue weighted by atomic mass is 35.5. The van der Waals surface area contributed by atoms with Gasteiger partial charge in [0.1, 0.15) is 0 Å². The van der Waals surface area contributed by atoms with Gasteiger partial charge in [-0.15, -0.1) is 12.4 Å². The highest BCUT2D eigenvalue weighted by molar-refractivity contribution is 5.85. The van der Waals surface area contributed by atoms with Crippen molar-refractivity contribution in [2.45, 2.75) is 6.10 Å². The smallest absolute Gasteiger partial charge is 0.0791 e. The maximum Gasteiger partial charge on any atom is 0.0791 e. The zero-order chi connectivity index (χ0) is 6.69. The van der Waals surface area contributed by atoms with Crippen LogP contribution in [0.5, 0.6) is 0 Å². The summed E-state index contributed by atoms with van der Waals surface area (Å²) in [6.45, 7) is 3.46. The van der Waals surface area contributed by atoms with Crippen LogP contribution in [0.25, 0.3) is 0 Å². The second-order valence-corrected chi connectivity index (χ2v) is 1.93. The van der Waals surface area contributed by atoms with Gasteiger partial charge in [-0.2, -0.15) is 0 Å². The maximum absolute atomic E-state index is 8.91. The average Bonchev–Trinajstić information content (AvgIpc) is 1.90. The largest absolute Gasteiger partial charge is 0.388 e. The van der Waals surface area contributed by atoms with Crippen LogP contribution in [0.4, 0.5) is 0 Å². The molecule has 1 aromatic rings. The SMILES string of the molecule is Cl.[CH2]C(O)c1ccccc1. The Labute approximate surface area is 67.1 Å². The van der Waals surface area contributed by atoms with E-state index in [2.05, 4.69) is 6.92 Å². The number of aliphatic hydroxyl groups is 1. The van der Waals surface area contributed by atoms with E-state index < -0.39 is 6.10 Å². The number of rotatable bonds is 1. The third-order valence-corrected chi connectivity index (χ3v) is 1.18. The highest BCUT2D eigenvalue weighted by Crippen LogP contribution is 2.08. The van der Waals surface area contributed by atoms with Gasteiger partial charge >= 0.3 is 0 Å². The molecule has 0 amide bonds. The van der Waals surface area contributed by atoms with E-state index in [1.807, 2.05) is 30.3 Å². The van der Waals surface area contributed by atoms with Gasteiger partial charge in [-0.05, 0) is 12.5 Å². The summed E-state index contributed by atoms with van der Waals surface area (Å²) in [7, 11) is 0. The number of halogens is 1. The van der Waals surface area contributed by atoms with Gasteiger partial charge in [0.15, 0.2) is 0 Å². The highest BCUT2D eigenvalue weighted by Gasteiger charge is 1.95. The first kappa shape index (κ1) is 9.47. The fourth-order valence-corrected chi connectivity index (χ4v) is 0.675. The second kappa shape index (κ2) is 4.31. The summed E-state index contributed by atoms with van der Waals surface area (Å²) in [6.07, 6.45) is -0.591. The van der Waals surface area contributed by atoms with Crippen molar-refractivity contribution in [1.29, 1.82) is 0 Å². The summed E-state index contributed by atoms with van der Waals surface area (Å²) in [4.78, 5) is 0. The van der Waals surface area contributed by atoms with Crippen molar-refractivity contribution in [3.63, 3.8) is 0 Å². The van der Waals surface area contributed by atoms with Crippen LogP contribution in [0.15, 0.2) is 30.3 Å². The number of aliphatic hydroxyl groups excluding tert-OH is 1. The standard InChI is InChI=1S/C8H9O.ClH/c1-7(9)8-5-3-2-4-6-8;/h2-7,9H,1H2;1H. The van der Waals surface area contributed by atoms with E-state index in [4.69, 9.17) is 5.11 Å². The minimum atomic E-state index is -0.591. The third kappa shape index (κ3) is 2.38. The van der Waals surface area contributed by atoms with Crippen molar-refractivity contribution >= 4 is 12.4 Å². The quantitative estimate of drug-likeness (QED) is 0.661. The molecule has 1 nitrogen and oxygen atoms in total. The summed E-state index contributed by atoms with van der Waals surface area (Å²) in [5.41, 5.74) is 0.859. The van der Waals surface area contributed by atoms with Crippen molar-refractivity contribution in [2.75, 3.05) is 0 Å². The Morgan fingerprint density at radius 3 is 2.00 bits per heavy atom. The fraction of sp³-hybridized carbons (Fsp3) is 0.125. The summed E-state index contributed by atoms with van der Waals surface area (Å²) < 4.78 is 0. The Morgan fingerprint density at radius 2 is 1.70 bits per heavy atom. The van der Waals surface area contributed by atoms with E-state index in [0.29, 0.717) is 0 Å². The molecule has 55 valence electrons. The molecule has 10 heavy (non-hydrogen) atoms. The molecule has 0 bridgehead atoms. The van der Waals surface area contributed by atoms with Gasteiger partial charge in [-0.1, -0.05) is 30.3 Å². The summed E-state index contributed by atoms with van der Waals surface area (Å²) in [5.74, 6) is 0. The summed E-state index contributed by atoms with van der Waals surface area (Å²) in [5, 5.41) is 8.91. The minimum Gasteiger partial charge on any atom is -0.388 e. The van der Waals surface area contributed by atoms with Crippen LogP contribution in [0, 0.1) is 6.92 Å². The molecular weight excluding hydrogens is 148 g/mol. The van der Waals surface area contributed by atoms with Crippen LogP contribution in [0.2, 0.25) is 0 Å². The zero-order valence-corrected chi connectivity index (χ0v) is 6.34. The van der Waals surface area contributed by atoms with E-state index in [-0.39, 0.29) is 12.4 Å². The monoisotopic (exact) mass is 157 g/mol. The first-order valence-corrected chi connectivity index (χ1v) is 2.87. The van der Waals surface area contributed by atoms with E-state index in [0.717, 1.165) is 5.56 Å². The van der Waals surface area contributed by atoms with Crippen molar-refractivity contribution in [3.8, 4) is 0 Å². The Balaban J connectivity index is 0.000000810. The molecule has 1 unspecified atom stereocenters. The summed E-state index contributed by atoms with van der Waals surface area (Å²) in [6, 6.07) is 9.36. The van der Waals surface area contributed by atoms with Crippen LogP contribution in [0.1, 0.15) is 11.7 Å². The van der Waals surface area contributed by atoms with Gasteiger partial charge in [-0.25, -0.2) is 0 Å². The van der Waals surface area contributed by atoms with E-state index >= 15 is 0 Å². The topological polar surface area (TPSA) is 20.2 Å². The van der Waals surface area contributed by atoms with Gasteiger partial charge in [-0.3, -0.25) is 0 Å². The van der Waals surface area contributed by atoms with E-state index in [1.165, 1.54) is 0 Å². The Hall–Kier alpha value is -0.530. The predicted molar refractivity (Wildman–Crippen MR) is 44.0 cm³/mol. The van der Waals surface area contributed by atoms with Crippen LogP contribution >= 0.6 is 12.4 Å². The lowest BCUT2D eigenvalue weighted by Gasteiger charge is -2.00. The molecule has 1 atom stereocenters. The maximum atomic E-state index is 8.91. The number of benzene rings is 1. The van der Waals surface area contributed by atoms with E-state index in [1.54, 1.807) is 0 Å². The Morgan fingerprint density at radius 1 is 1.20 bits per heavy atom. The van der Waals surface area contributed by atoms with Gasteiger partial charge in [0.05, 0.1) is 6.10 Å². The third-order valence-electron chi connectivity index (χ3n) is 1.18. The molecule has 0 fully saturated rings. The molecule has 0 aliphatic heterocycles. The second-order valence-electron chi connectivity index (χ2n) is 1.93. The van der Waals surface area contributed by atoms with E-state index in [9.17, 15) is 0 Å². The molecule has 0 spiro atoms. The Kier molecular flexibility index (Phi) is 4.08. The van der Waals surface area contributed by atoms with Crippen LogP contribution in [-0.4, -0.2) is 5.11 Å². The van der Waals surface area contributed by atoms with Crippen LogP contribution in [0.3, 0.4) is 0 Å². The molecule has 0 saturated carbocycles. The summed E-state index contributed by atoms with van der Waals surface area (Å²) >= 11 is 0. The number of hydrogen-bond donors (Lipinski definition) is 1. The molecule has 2 heteroatoms. The first-order chi connectivity index (χ1) is 4.30. The molecule has 0 heterocycles. The molecule has 0 aliphatic rings. The zero-order valence-electron chi connectivity index (χ0n) is 5.53. The lowest BCUT2D eigenvalue weighted by Crippen LogP contribution is -1.88. The molecule has 1 radical (unpaired) electrons. The fourth-order valence-electron chi connectivity index (χ4n) is 0.675. The molecule has 1 rings (SSSR count). The molecule has 0 saturated heterocycles. The molecular formula is C8H10ClO. The predicted octanol–water partition coefficient (Wildman–Crippen LogP) is 1.98. The van der Waals surface area contributed by atoms with Gasteiger partial charge in [0.2, 0.25) is 0 Å². The molecule has 1 N–H and O–H groups in total. The number of hydrogen-bond acceptors (Lipinski definition) is 1. The van der Waals surface area contributed by atoms with Gasteiger partial charge in [0, 0.05) is 0 Å². The molecule has 0 aliphatic carbocycles. The van der Waals surface area contributed by atoms with Crippen molar-refractivity contribution in [2.24, 2.45) is 0 Å². The van der Waals surface area contributed by atoms with Crippen LogP contribution < -0.4 is 0 Å².